The summed E-state index contributed by atoms with van der Waals surface area (Å²) in [7, 11) is 0. The summed E-state index contributed by atoms with van der Waals surface area (Å²) >= 11 is 0. The van der Waals surface area contributed by atoms with Gasteiger partial charge >= 0.3 is 12.0 Å². The minimum atomic E-state index is -0.942. The van der Waals surface area contributed by atoms with Crippen molar-refractivity contribution in [2.24, 2.45) is 23.7 Å². The Bertz CT molecular complexity index is 814. The van der Waals surface area contributed by atoms with Gasteiger partial charge in [-0.2, -0.15) is 0 Å². The SMILES string of the molecule is O=C(O)C1C2C=CC(C2)C1C(=O)Nc1nnc(-c2ccccc2)o1. The number of amides is 1. The summed E-state index contributed by atoms with van der Waals surface area (Å²) in [6.07, 6.45) is 4.53. The number of aromatic nitrogens is 2. The molecule has 1 saturated carbocycles. The van der Waals surface area contributed by atoms with Crippen LogP contribution in [0.1, 0.15) is 6.42 Å². The lowest BCUT2D eigenvalue weighted by molar-refractivity contribution is -0.146. The second kappa shape index (κ2) is 5.59. The lowest BCUT2D eigenvalue weighted by atomic mass is 9.82. The summed E-state index contributed by atoms with van der Waals surface area (Å²) in [6.45, 7) is 0. The number of nitrogens with one attached hydrogen (secondary N) is 1. The van der Waals surface area contributed by atoms with Crippen molar-refractivity contribution in [3.63, 3.8) is 0 Å². The number of allylic oxidation sites excluding steroid dienone is 2. The number of carbonyl (C=O) groups is 2. The smallest absolute Gasteiger partial charge is 0.322 e. The molecule has 0 aliphatic heterocycles. The van der Waals surface area contributed by atoms with Gasteiger partial charge < -0.3 is 9.52 Å². The van der Waals surface area contributed by atoms with Gasteiger partial charge in [0.25, 0.3) is 0 Å². The highest BCUT2D eigenvalue weighted by atomic mass is 16.4. The number of aliphatic carboxylic acids is 1. The van der Waals surface area contributed by atoms with Crippen LogP contribution in [0.4, 0.5) is 6.01 Å². The maximum Gasteiger partial charge on any atom is 0.322 e. The van der Waals surface area contributed by atoms with Gasteiger partial charge in [0.05, 0.1) is 11.8 Å². The van der Waals surface area contributed by atoms with Gasteiger partial charge in [-0.3, -0.25) is 14.9 Å². The van der Waals surface area contributed by atoms with Crippen LogP contribution in [0.5, 0.6) is 0 Å². The highest BCUT2D eigenvalue weighted by Crippen LogP contribution is 2.48. The lowest BCUT2D eigenvalue weighted by Gasteiger charge is -2.22. The molecule has 1 aromatic carbocycles. The summed E-state index contributed by atoms with van der Waals surface area (Å²) in [5.74, 6) is -2.46. The molecule has 0 spiro atoms. The van der Waals surface area contributed by atoms with Gasteiger partial charge in [-0.25, -0.2) is 0 Å². The molecule has 122 valence electrons. The second-order valence-corrected chi connectivity index (χ2v) is 6.11. The number of hydrogen-bond donors (Lipinski definition) is 2. The van der Waals surface area contributed by atoms with Crippen molar-refractivity contribution in [3.8, 4) is 11.5 Å². The van der Waals surface area contributed by atoms with Crippen LogP contribution in [-0.2, 0) is 9.59 Å². The zero-order valence-corrected chi connectivity index (χ0v) is 12.6. The van der Waals surface area contributed by atoms with E-state index in [2.05, 4.69) is 15.5 Å². The average Bonchev–Trinajstić information content (AvgIpc) is 3.30. The van der Waals surface area contributed by atoms with Crippen LogP contribution < -0.4 is 5.32 Å². The number of rotatable bonds is 4. The number of hydrogen-bond acceptors (Lipinski definition) is 5. The van der Waals surface area contributed by atoms with E-state index >= 15 is 0 Å². The molecule has 1 fully saturated rings. The third-order valence-corrected chi connectivity index (χ3v) is 4.72. The lowest BCUT2D eigenvalue weighted by Crippen LogP contribution is -2.36. The molecule has 2 N–H and O–H groups in total. The van der Waals surface area contributed by atoms with Crippen LogP contribution in [0.25, 0.3) is 11.5 Å². The van der Waals surface area contributed by atoms with Gasteiger partial charge in [0.2, 0.25) is 11.8 Å². The molecule has 1 amide bonds. The first-order valence-electron chi connectivity index (χ1n) is 7.74. The number of benzene rings is 1. The number of carboxylic acid groups (broad SMARTS) is 1. The first-order chi connectivity index (χ1) is 11.6. The zero-order chi connectivity index (χ0) is 16.7. The molecule has 4 rings (SSSR count). The van der Waals surface area contributed by atoms with Crippen molar-refractivity contribution < 1.29 is 19.1 Å². The van der Waals surface area contributed by atoms with Gasteiger partial charge in [0.1, 0.15) is 0 Å². The molecule has 1 heterocycles. The third-order valence-electron chi connectivity index (χ3n) is 4.72. The van der Waals surface area contributed by atoms with Crippen molar-refractivity contribution in [2.75, 3.05) is 5.32 Å². The highest BCUT2D eigenvalue weighted by Gasteiger charge is 2.51. The Morgan fingerprint density at radius 2 is 1.79 bits per heavy atom. The van der Waals surface area contributed by atoms with Crippen molar-refractivity contribution in [3.05, 3.63) is 42.5 Å². The summed E-state index contributed by atoms with van der Waals surface area (Å²) in [6, 6.07) is 9.18. The van der Waals surface area contributed by atoms with Crippen LogP contribution in [0, 0.1) is 23.7 Å². The first kappa shape index (κ1) is 14.6. The number of carboxylic acids is 1. The Balaban J connectivity index is 1.52. The standard InChI is InChI=1S/C17H15N3O4/c21-14(12-10-6-7-11(8-10)13(12)16(22)23)18-17-20-19-15(24-17)9-4-2-1-3-5-9/h1-7,10-13H,8H2,(H,22,23)(H,18,20,21). The van der Waals surface area contributed by atoms with Crippen molar-refractivity contribution in [2.45, 2.75) is 6.42 Å². The van der Waals surface area contributed by atoms with E-state index in [-0.39, 0.29) is 23.8 Å². The Morgan fingerprint density at radius 1 is 1.08 bits per heavy atom. The predicted molar refractivity (Wildman–Crippen MR) is 83.7 cm³/mol. The first-order valence-corrected chi connectivity index (χ1v) is 7.74. The van der Waals surface area contributed by atoms with E-state index in [0.717, 1.165) is 5.56 Å². The third kappa shape index (κ3) is 2.38. The van der Waals surface area contributed by atoms with Crippen molar-refractivity contribution in [1.29, 1.82) is 0 Å². The summed E-state index contributed by atoms with van der Waals surface area (Å²) in [5.41, 5.74) is 0.747. The van der Waals surface area contributed by atoms with E-state index in [0.29, 0.717) is 12.3 Å². The van der Waals surface area contributed by atoms with E-state index in [1.807, 2.05) is 42.5 Å². The fourth-order valence-electron chi connectivity index (χ4n) is 3.68. The van der Waals surface area contributed by atoms with Crippen molar-refractivity contribution in [1.82, 2.24) is 10.2 Å². The van der Waals surface area contributed by atoms with E-state index in [1.165, 1.54) is 0 Å². The highest BCUT2D eigenvalue weighted by molar-refractivity contribution is 5.95. The quantitative estimate of drug-likeness (QED) is 0.835. The van der Waals surface area contributed by atoms with Crippen LogP contribution >= 0.6 is 0 Å². The minimum Gasteiger partial charge on any atom is -0.481 e. The molecule has 2 bridgehead atoms. The fourth-order valence-corrected chi connectivity index (χ4v) is 3.68. The number of anilines is 1. The predicted octanol–water partition coefficient (Wildman–Crippen LogP) is 2.20. The summed E-state index contributed by atoms with van der Waals surface area (Å²) in [5, 5.41) is 19.7. The molecular formula is C17H15N3O4. The van der Waals surface area contributed by atoms with Gasteiger partial charge in [-0.1, -0.05) is 35.4 Å². The van der Waals surface area contributed by atoms with E-state index < -0.39 is 17.8 Å². The average molecular weight is 325 g/mol. The molecular weight excluding hydrogens is 310 g/mol. The van der Waals surface area contributed by atoms with Crippen LogP contribution in [0.15, 0.2) is 46.9 Å². The number of nitrogens with zero attached hydrogens (tertiary/aromatic N) is 2. The molecule has 1 aromatic heterocycles. The Hall–Kier alpha value is -2.96. The summed E-state index contributed by atoms with van der Waals surface area (Å²) < 4.78 is 5.46. The normalized spacial score (nSPS) is 27.3. The largest absolute Gasteiger partial charge is 0.481 e. The molecule has 2 aliphatic rings. The Morgan fingerprint density at radius 3 is 2.50 bits per heavy atom. The fraction of sp³-hybridized carbons (Fsp3) is 0.294. The van der Waals surface area contributed by atoms with Crippen LogP contribution in [0.2, 0.25) is 0 Å². The second-order valence-electron chi connectivity index (χ2n) is 6.11. The monoisotopic (exact) mass is 325 g/mol. The molecule has 2 aromatic rings. The number of carbonyl (C=O) groups excluding carboxylic acids is 1. The Labute approximate surface area is 137 Å². The van der Waals surface area contributed by atoms with Gasteiger partial charge in [-0.05, 0) is 30.4 Å². The molecule has 7 nitrogen and oxygen atoms in total. The molecule has 0 saturated heterocycles. The Kier molecular flexibility index (Phi) is 3.41. The van der Waals surface area contributed by atoms with Crippen LogP contribution in [0.3, 0.4) is 0 Å². The molecule has 2 aliphatic carbocycles. The summed E-state index contributed by atoms with van der Waals surface area (Å²) in [4.78, 5) is 24.0. The maximum absolute atomic E-state index is 12.5. The maximum atomic E-state index is 12.5. The van der Waals surface area contributed by atoms with E-state index in [1.54, 1.807) is 0 Å². The topological polar surface area (TPSA) is 105 Å². The van der Waals surface area contributed by atoms with Crippen molar-refractivity contribution >= 4 is 17.9 Å². The van der Waals surface area contributed by atoms with Crippen LogP contribution in [-0.4, -0.2) is 27.2 Å². The molecule has 4 unspecified atom stereocenters. The molecule has 7 heteroatoms. The molecule has 4 atom stereocenters. The van der Waals surface area contributed by atoms with Gasteiger partial charge in [-0.15, -0.1) is 5.10 Å². The van der Waals surface area contributed by atoms with E-state index in [9.17, 15) is 14.7 Å². The molecule has 24 heavy (non-hydrogen) atoms. The zero-order valence-electron chi connectivity index (χ0n) is 12.6. The van der Waals surface area contributed by atoms with Gasteiger partial charge in [0.15, 0.2) is 0 Å². The number of fused-ring (bicyclic) bond motifs is 2. The minimum absolute atomic E-state index is 0.0188. The van der Waals surface area contributed by atoms with E-state index in [4.69, 9.17) is 4.42 Å². The molecule has 0 radical (unpaired) electrons. The van der Waals surface area contributed by atoms with Gasteiger partial charge in [0, 0.05) is 5.56 Å².